The van der Waals surface area contributed by atoms with Gasteiger partial charge in [0.15, 0.2) is 12.4 Å². The minimum atomic E-state index is -0.172. The Kier molecular flexibility index (Phi) is 4.17. The standard InChI is InChI=1S/C19H24N2O3/c22-17-12-24-18-15(7-4-8-16(18)20-17)19(23)21(11-13-9-10-13)14-5-2-1-3-6-14/h4,7-8,13-14H,1-3,5-6,9-12H2,(H,20,22). The van der Waals surface area contributed by atoms with E-state index in [9.17, 15) is 9.59 Å². The Morgan fingerprint density at radius 1 is 1.17 bits per heavy atom. The number of carbonyl (C=O) groups excluding carboxylic acids is 2. The van der Waals surface area contributed by atoms with Crippen LogP contribution in [0.1, 0.15) is 55.3 Å². The Morgan fingerprint density at radius 3 is 2.71 bits per heavy atom. The molecule has 0 spiro atoms. The lowest BCUT2D eigenvalue weighted by Crippen LogP contribution is -2.43. The molecule has 0 saturated heterocycles. The van der Waals surface area contributed by atoms with Crippen molar-refractivity contribution < 1.29 is 14.3 Å². The van der Waals surface area contributed by atoms with Crippen molar-refractivity contribution in [1.82, 2.24) is 4.90 Å². The Labute approximate surface area is 142 Å². The summed E-state index contributed by atoms with van der Waals surface area (Å²) in [5.41, 5.74) is 1.19. The molecule has 2 aliphatic carbocycles. The molecular weight excluding hydrogens is 304 g/mol. The molecule has 0 bridgehead atoms. The summed E-state index contributed by atoms with van der Waals surface area (Å²) >= 11 is 0. The average Bonchev–Trinajstić information content (AvgIpc) is 3.43. The highest BCUT2D eigenvalue weighted by atomic mass is 16.5. The lowest BCUT2D eigenvalue weighted by Gasteiger charge is -2.35. The first kappa shape index (κ1) is 15.5. The molecular formula is C19H24N2O3. The van der Waals surface area contributed by atoms with Crippen LogP contribution in [-0.2, 0) is 4.79 Å². The highest BCUT2D eigenvalue weighted by Gasteiger charge is 2.34. The van der Waals surface area contributed by atoms with Crippen molar-refractivity contribution in [3.63, 3.8) is 0 Å². The predicted octanol–water partition coefficient (Wildman–Crippen LogP) is 3.20. The van der Waals surface area contributed by atoms with Crippen molar-refractivity contribution in [3.05, 3.63) is 23.8 Å². The van der Waals surface area contributed by atoms with Crippen molar-refractivity contribution in [2.75, 3.05) is 18.5 Å². The van der Waals surface area contributed by atoms with Crippen molar-refractivity contribution in [1.29, 1.82) is 0 Å². The van der Waals surface area contributed by atoms with Gasteiger partial charge >= 0.3 is 0 Å². The van der Waals surface area contributed by atoms with E-state index in [4.69, 9.17) is 4.74 Å². The number of anilines is 1. The number of benzene rings is 1. The van der Waals surface area contributed by atoms with Crippen LogP contribution in [-0.4, -0.2) is 35.9 Å². The maximum absolute atomic E-state index is 13.3. The molecule has 0 aromatic heterocycles. The summed E-state index contributed by atoms with van der Waals surface area (Å²) in [4.78, 5) is 26.9. The van der Waals surface area contributed by atoms with E-state index in [2.05, 4.69) is 10.2 Å². The third-order valence-electron chi connectivity index (χ3n) is 5.30. The van der Waals surface area contributed by atoms with Gasteiger partial charge in [-0.1, -0.05) is 25.3 Å². The molecule has 1 N–H and O–H groups in total. The molecule has 0 atom stereocenters. The van der Waals surface area contributed by atoms with Gasteiger partial charge in [-0.15, -0.1) is 0 Å². The number of rotatable bonds is 4. The Balaban J connectivity index is 1.62. The van der Waals surface area contributed by atoms with Crippen molar-refractivity contribution in [2.24, 2.45) is 5.92 Å². The summed E-state index contributed by atoms with van der Waals surface area (Å²) in [6.45, 7) is 0.836. The summed E-state index contributed by atoms with van der Waals surface area (Å²) in [5.74, 6) is 1.07. The van der Waals surface area contributed by atoms with E-state index in [1.54, 1.807) is 6.07 Å². The topological polar surface area (TPSA) is 58.6 Å². The third-order valence-corrected chi connectivity index (χ3v) is 5.30. The second-order valence-electron chi connectivity index (χ2n) is 7.21. The van der Waals surface area contributed by atoms with E-state index in [1.165, 1.54) is 32.1 Å². The summed E-state index contributed by atoms with van der Waals surface area (Å²) in [6, 6.07) is 5.77. The molecule has 1 aromatic carbocycles. The maximum atomic E-state index is 13.3. The Morgan fingerprint density at radius 2 is 1.96 bits per heavy atom. The zero-order valence-corrected chi connectivity index (χ0v) is 13.9. The normalized spacial score (nSPS) is 20.8. The number of ether oxygens (including phenoxy) is 1. The molecule has 0 radical (unpaired) electrons. The number of carbonyl (C=O) groups is 2. The van der Waals surface area contributed by atoms with Gasteiger partial charge in [-0.25, -0.2) is 0 Å². The molecule has 2 saturated carbocycles. The summed E-state index contributed by atoms with van der Waals surface area (Å²) in [6.07, 6.45) is 8.36. The number of hydrogen-bond acceptors (Lipinski definition) is 3. The van der Waals surface area contributed by atoms with Gasteiger partial charge in [-0.05, 0) is 43.7 Å². The third kappa shape index (κ3) is 3.12. The van der Waals surface area contributed by atoms with E-state index >= 15 is 0 Å². The van der Waals surface area contributed by atoms with Gasteiger partial charge < -0.3 is 15.0 Å². The van der Waals surface area contributed by atoms with Crippen molar-refractivity contribution in [2.45, 2.75) is 51.0 Å². The van der Waals surface area contributed by atoms with Gasteiger partial charge in [0.05, 0.1) is 11.3 Å². The number of nitrogens with zero attached hydrogens (tertiary/aromatic N) is 1. The molecule has 1 heterocycles. The van der Waals surface area contributed by atoms with Gasteiger partial charge in [0.1, 0.15) is 0 Å². The molecule has 5 heteroatoms. The van der Waals surface area contributed by atoms with E-state index in [0.29, 0.717) is 29.0 Å². The first-order valence-corrected chi connectivity index (χ1v) is 9.09. The van der Waals surface area contributed by atoms with Gasteiger partial charge in [0, 0.05) is 12.6 Å². The quantitative estimate of drug-likeness (QED) is 0.923. The molecule has 2 fully saturated rings. The first-order chi connectivity index (χ1) is 11.7. The molecule has 1 aromatic rings. The van der Waals surface area contributed by atoms with Gasteiger partial charge in [-0.2, -0.15) is 0 Å². The van der Waals surface area contributed by atoms with Crippen LogP contribution in [0.25, 0.3) is 0 Å². The van der Waals surface area contributed by atoms with E-state index in [0.717, 1.165) is 19.4 Å². The number of hydrogen-bond donors (Lipinski definition) is 1. The van der Waals surface area contributed by atoms with Gasteiger partial charge in [0.2, 0.25) is 0 Å². The highest BCUT2D eigenvalue weighted by molar-refractivity contribution is 6.03. The lowest BCUT2D eigenvalue weighted by atomic mass is 9.93. The zero-order chi connectivity index (χ0) is 16.5. The summed E-state index contributed by atoms with van der Waals surface area (Å²) in [7, 11) is 0. The maximum Gasteiger partial charge on any atom is 0.262 e. The first-order valence-electron chi connectivity index (χ1n) is 9.09. The second kappa shape index (κ2) is 6.46. The van der Waals surface area contributed by atoms with E-state index in [1.807, 2.05) is 12.1 Å². The fraction of sp³-hybridized carbons (Fsp3) is 0.579. The Hall–Kier alpha value is -2.04. The lowest BCUT2D eigenvalue weighted by molar-refractivity contribution is -0.118. The molecule has 3 aliphatic rings. The SMILES string of the molecule is O=C1COc2c(cccc2C(=O)N(CC2CC2)C2CCCCC2)N1. The van der Waals surface area contributed by atoms with Crippen LogP contribution < -0.4 is 10.1 Å². The molecule has 1 aliphatic heterocycles. The van der Waals surface area contributed by atoms with E-state index < -0.39 is 0 Å². The molecule has 5 nitrogen and oxygen atoms in total. The monoisotopic (exact) mass is 328 g/mol. The second-order valence-corrected chi connectivity index (χ2v) is 7.21. The van der Waals surface area contributed by atoms with Crippen LogP contribution in [0.3, 0.4) is 0 Å². The number of nitrogens with one attached hydrogen (secondary N) is 1. The van der Waals surface area contributed by atoms with Crippen molar-refractivity contribution in [3.8, 4) is 5.75 Å². The average molecular weight is 328 g/mol. The predicted molar refractivity (Wildman–Crippen MR) is 91.2 cm³/mol. The minimum absolute atomic E-state index is 0.0245. The Bertz CT molecular complexity index is 648. The van der Waals surface area contributed by atoms with E-state index in [-0.39, 0.29) is 18.4 Å². The highest BCUT2D eigenvalue weighted by Crippen LogP contribution is 2.36. The minimum Gasteiger partial charge on any atom is -0.481 e. The number of amides is 2. The van der Waals surface area contributed by atoms with Crippen molar-refractivity contribution >= 4 is 17.5 Å². The fourth-order valence-electron chi connectivity index (χ4n) is 3.81. The zero-order valence-electron chi connectivity index (χ0n) is 13.9. The number of fused-ring (bicyclic) bond motifs is 1. The molecule has 0 unspecified atom stereocenters. The van der Waals surface area contributed by atoms with Crippen LogP contribution >= 0.6 is 0 Å². The van der Waals surface area contributed by atoms with Gasteiger partial charge in [0.25, 0.3) is 11.8 Å². The largest absolute Gasteiger partial charge is 0.481 e. The molecule has 2 amide bonds. The summed E-state index contributed by atoms with van der Waals surface area (Å²) in [5, 5.41) is 2.79. The van der Waals surface area contributed by atoms with Crippen LogP contribution in [0.15, 0.2) is 18.2 Å². The summed E-state index contributed by atoms with van der Waals surface area (Å²) < 4.78 is 5.59. The molecule has 4 rings (SSSR count). The smallest absolute Gasteiger partial charge is 0.262 e. The molecule has 24 heavy (non-hydrogen) atoms. The van der Waals surface area contributed by atoms with Gasteiger partial charge in [-0.3, -0.25) is 9.59 Å². The molecule has 128 valence electrons. The van der Waals surface area contributed by atoms with Crippen LogP contribution in [0.2, 0.25) is 0 Å². The van der Waals surface area contributed by atoms with Crippen LogP contribution in [0.4, 0.5) is 5.69 Å². The van der Waals surface area contributed by atoms with Crippen LogP contribution in [0.5, 0.6) is 5.75 Å². The fourth-order valence-corrected chi connectivity index (χ4v) is 3.81. The van der Waals surface area contributed by atoms with Crippen LogP contribution in [0, 0.1) is 5.92 Å². The number of para-hydroxylation sites is 1.